The van der Waals surface area contributed by atoms with Gasteiger partial charge in [-0.2, -0.15) is 0 Å². The van der Waals surface area contributed by atoms with Crippen molar-refractivity contribution in [3.63, 3.8) is 0 Å². The van der Waals surface area contributed by atoms with Gasteiger partial charge in [0, 0.05) is 19.8 Å². The summed E-state index contributed by atoms with van der Waals surface area (Å²) in [6.07, 6.45) is 2.89. The van der Waals surface area contributed by atoms with Gasteiger partial charge in [0.05, 0.1) is 6.61 Å². The first-order valence-corrected chi connectivity index (χ1v) is 5.75. The number of ether oxygens (including phenoxy) is 2. The Morgan fingerprint density at radius 1 is 1.12 bits per heavy atom. The summed E-state index contributed by atoms with van der Waals surface area (Å²) in [5.74, 6) is 0.924. The van der Waals surface area contributed by atoms with Gasteiger partial charge in [0.2, 0.25) is 0 Å². The lowest BCUT2D eigenvalue weighted by Gasteiger charge is -2.11. The van der Waals surface area contributed by atoms with Crippen LogP contribution in [0.15, 0.2) is 30.3 Å². The second-order valence-corrected chi connectivity index (χ2v) is 3.85. The van der Waals surface area contributed by atoms with Crippen LogP contribution < -0.4 is 10.5 Å². The molecule has 0 saturated heterocycles. The van der Waals surface area contributed by atoms with E-state index in [0.29, 0.717) is 0 Å². The zero-order chi connectivity index (χ0) is 11.6. The topological polar surface area (TPSA) is 44.5 Å². The molecular weight excluding hydrogens is 202 g/mol. The Morgan fingerprint density at radius 2 is 1.88 bits per heavy atom. The van der Waals surface area contributed by atoms with Crippen LogP contribution in [0.2, 0.25) is 0 Å². The molecule has 0 saturated carbocycles. The van der Waals surface area contributed by atoms with Crippen molar-refractivity contribution in [3.8, 4) is 5.75 Å². The minimum atomic E-state index is 0.222. The van der Waals surface area contributed by atoms with E-state index in [2.05, 4.69) is 0 Å². The molecule has 0 aromatic heterocycles. The minimum Gasteiger partial charge on any atom is -0.494 e. The van der Waals surface area contributed by atoms with E-state index in [1.807, 2.05) is 30.3 Å². The molecule has 1 aromatic carbocycles. The van der Waals surface area contributed by atoms with Gasteiger partial charge in [-0.05, 0) is 31.4 Å². The molecule has 1 unspecified atom stereocenters. The molecule has 1 atom stereocenters. The number of hydrogen-bond acceptors (Lipinski definition) is 3. The number of hydrogen-bond donors (Lipinski definition) is 1. The molecule has 3 nitrogen and oxygen atoms in total. The monoisotopic (exact) mass is 223 g/mol. The first kappa shape index (κ1) is 13.0. The van der Waals surface area contributed by atoms with Gasteiger partial charge in [-0.25, -0.2) is 0 Å². The third kappa shape index (κ3) is 5.73. The highest BCUT2D eigenvalue weighted by Gasteiger charge is 2.01. The summed E-state index contributed by atoms with van der Waals surface area (Å²) in [6, 6.07) is 10.1. The van der Waals surface area contributed by atoms with Gasteiger partial charge < -0.3 is 15.2 Å². The fourth-order valence-electron chi connectivity index (χ4n) is 1.47. The largest absolute Gasteiger partial charge is 0.494 e. The smallest absolute Gasteiger partial charge is 0.119 e. The van der Waals surface area contributed by atoms with Gasteiger partial charge in [0.25, 0.3) is 0 Å². The highest BCUT2D eigenvalue weighted by molar-refractivity contribution is 5.20. The Labute approximate surface area is 97.6 Å². The SMILES string of the molecule is COCCC(N)CCCOc1ccccc1. The first-order valence-electron chi connectivity index (χ1n) is 5.75. The van der Waals surface area contributed by atoms with Crippen molar-refractivity contribution in [3.05, 3.63) is 30.3 Å². The maximum absolute atomic E-state index is 5.90. The fraction of sp³-hybridized carbons (Fsp3) is 0.538. The standard InChI is InChI=1S/C13H21NO2/c1-15-11-9-12(14)6-5-10-16-13-7-3-2-4-8-13/h2-4,7-8,12H,5-6,9-11,14H2,1H3. The van der Waals surface area contributed by atoms with Crippen molar-refractivity contribution >= 4 is 0 Å². The van der Waals surface area contributed by atoms with Gasteiger partial charge in [0.1, 0.15) is 5.75 Å². The molecular formula is C13H21NO2. The van der Waals surface area contributed by atoms with Crippen molar-refractivity contribution < 1.29 is 9.47 Å². The van der Waals surface area contributed by atoms with Crippen LogP contribution >= 0.6 is 0 Å². The maximum Gasteiger partial charge on any atom is 0.119 e. The molecule has 90 valence electrons. The number of nitrogens with two attached hydrogens (primary N) is 1. The Morgan fingerprint density at radius 3 is 2.56 bits per heavy atom. The minimum absolute atomic E-state index is 0.222. The molecule has 3 heteroatoms. The third-order valence-corrected chi connectivity index (χ3v) is 2.42. The van der Waals surface area contributed by atoms with Gasteiger partial charge >= 0.3 is 0 Å². The molecule has 0 heterocycles. The summed E-state index contributed by atoms with van der Waals surface area (Å²) in [5.41, 5.74) is 5.90. The predicted octanol–water partition coefficient (Wildman–Crippen LogP) is 2.21. The van der Waals surface area contributed by atoms with Crippen LogP contribution in [-0.4, -0.2) is 26.4 Å². The average molecular weight is 223 g/mol. The summed E-state index contributed by atoms with van der Waals surface area (Å²) < 4.78 is 10.6. The first-order chi connectivity index (χ1) is 7.83. The molecule has 0 aliphatic carbocycles. The zero-order valence-electron chi connectivity index (χ0n) is 9.89. The van der Waals surface area contributed by atoms with Crippen molar-refractivity contribution in [2.45, 2.75) is 25.3 Å². The fourth-order valence-corrected chi connectivity index (χ4v) is 1.47. The van der Waals surface area contributed by atoms with E-state index >= 15 is 0 Å². The molecule has 0 radical (unpaired) electrons. The molecule has 0 amide bonds. The normalized spacial score (nSPS) is 12.4. The Kier molecular flexibility index (Phi) is 6.61. The number of para-hydroxylation sites is 1. The molecule has 0 fully saturated rings. The second kappa shape index (κ2) is 8.13. The quantitative estimate of drug-likeness (QED) is 0.687. The van der Waals surface area contributed by atoms with Gasteiger partial charge in [-0.1, -0.05) is 18.2 Å². The summed E-state index contributed by atoms with van der Waals surface area (Å²) in [5, 5.41) is 0. The summed E-state index contributed by atoms with van der Waals surface area (Å²) in [6.45, 7) is 1.46. The molecule has 16 heavy (non-hydrogen) atoms. The Bertz CT molecular complexity index is 264. The summed E-state index contributed by atoms with van der Waals surface area (Å²) >= 11 is 0. The van der Waals surface area contributed by atoms with E-state index in [4.69, 9.17) is 15.2 Å². The van der Waals surface area contributed by atoms with Crippen LogP contribution in [0.4, 0.5) is 0 Å². The van der Waals surface area contributed by atoms with Crippen molar-refractivity contribution in [2.75, 3.05) is 20.3 Å². The van der Waals surface area contributed by atoms with Crippen molar-refractivity contribution in [2.24, 2.45) is 5.73 Å². The molecule has 1 aromatic rings. The molecule has 0 bridgehead atoms. The lowest BCUT2D eigenvalue weighted by atomic mass is 10.1. The summed E-state index contributed by atoms with van der Waals surface area (Å²) in [7, 11) is 1.70. The lowest BCUT2D eigenvalue weighted by molar-refractivity contribution is 0.185. The van der Waals surface area contributed by atoms with Gasteiger partial charge in [0.15, 0.2) is 0 Å². The molecule has 1 rings (SSSR count). The van der Waals surface area contributed by atoms with Crippen LogP contribution in [0, 0.1) is 0 Å². The molecule has 0 aliphatic heterocycles. The second-order valence-electron chi connectivity index (χ2n) is 3.85. The van der Waals surface area contributed by atoms with E-state index in [1.54, 1.807) is 7.11 Å². The highest BCUT2D eigenvalue weighted by Crippen LogP contribution is 2.09. The number of rotatable bonds is 8. The van der Waals surface area contributed by atoms with Crippen LogP contribution in [-0.2, 0) is 4.74 Å². The molecule has 0 spiro atoms. The Hall–Kier alpha value is -1.06. The van der Waals surface area contributed by atoms with Crippen molar-refractivity contribution in [1.29, 1.82) is 0 Å². The maximum atomic E-state index is 5.90. The molecule has 0 aliphatic rings. The van der Waals surface area contributed by atoms with Crippen LogP contribution in [0.1, 0.15) is 19.3 Å². The lowest BCUT2D eigenvalue weighted by Crippen LogP contribution is -2.22. The van der Waals surface area contributed by atoms with Crippen molar-refractivity contribution in [1.82, 2.24) is 0 Å². The zero-order valence-corrected chi connectivity index (χ0v) is 9.89. The third-order valence-electron chi connectivity index (χ3n) is 2.42. The molecule has 2 N–H and O–H groups in total. The van der Waals surface area contributed by atoms with E-state index < -0.39 is 0 Å². The van der Waals surface area contributed by atoms with Gasteiger partial charge in [-0.3, -0.25) is 0 Å². The van der Waals surface area contributed by atoms with Gasteiger partial charge in [-0.15, -0.1) is 0 Å². The van der Waals surface area contributed by atoms with E-state index in [9.17, 15) is 0 Å². The van der Waals surface area contributed by atoms with Crippen LogP contribution in [0.25, 0.3) is 0 Å². The Balaban J connectivity index is 2.03. The van der Waals surface area contributed by atoms with E-state index in [1.165, 1.54) is 0 Å². The van der Waals surface area contributed by atoms with E-state index in [0.717, 1.165) is 38.2 Å². The highest BCUT2D eigenvalue weighted by atomic mass is 16.5. The summed E-state index contributed by atoms with van der Waals surface area (Å²) in [4.78, 5) is 0. The van der Waals surface area contributed by atoms with E-state index in [-0.39, 0.29) is 6.04 Å². The van der Waals surface area contributed by atoms with Crippen LogP contribution in [0.3, 0.4) is 0 Å². The van der Waals surface area contributed by atoms with Crippen LogP contribution in [0.5, 0.6) is 5.75 Å². The average Bonchev–Trinajstić information content (AvgIpc) is 2.33. The predicted molar refractivity (Wildman–Crippen MR) is 65.6 cm³/mol. The number of benzene rings is 1. The number of methoxy groups -OCH3 is 1.